The van der Waals surface area contributed by atoms with Gasteiger partial charge >= 0.3 is 5.97 Å². The van der Waals surface area contributed by atoms with Crippen LogP contribution in [0.2, 0.25) is 0 Å². The minimum Gasteiger partial charge on any atom is -0.466 e. The summed E-state index contributed by atoms with van der Waals surface area (Å²) in [7, 11) is 0. The number of allylic oxidation sites excluding steroid dienone is 2. The highest BCUT2D eigenvalue weighted by Gasteiger charge is 2.02. The summed E-state index contributed by atoms with van der Waals surface area (Å²) >= 11 is 0. The summed E-state index contributed by atoms with van der Waals surface area (Å²) in [4.78, 5) is 12.0. The van der Waals surface area contributed by atoms with Gasteiger partial charge in [0.05, 0.1) is 6.61 Å². The van der Waals surface area contributed by atoms with Crippen molar-refractivity contribution >= 4 is 5.97 Å². The van der Waals surface area contributed by atoms with Gasteiger partial charge in [-0.25, -0.2) is 0 Å². The van der Waals surface area contributed by atoms with Gasteiger partial charge in [-0.3, -0.25) is 4.79 Å². The number of ether oxygens (including phenoxy) is 1. The van der Waals surface area contributed by atoms with Gasteiger partial charge in [-0.05, 0) is 38.5 Å². The van der Waals surface area contributed by atoms with E-state index in [9.17, 15) is 4.79 Å². The molecule has 0 bridgehead atoms. The molecule has 0 saturated heterocycles. The number of hydrogen-bond acceptors (Lipinski definition) is 2. The number of rotatable bonds is 38. The molecular formula is C42H82O2. The summed E-state index contributed by atoms with van der Waals surface area (Å²) in [6.45, 7) is 5.22. The monoisotopic (exact) mass is 619 g/mol. The van der Waals surface area contributed by atoms with Crippen molar-refractivity contribution in [3.63, 3.8) is 0 Å². The van der Waals surface area contributed by atoms with Crippen LogP contribution in [-0.2, 0) is 9.53 Å². The molecule has 44 heavy (non-hydrogen) atoms. The van der Waals surface area contributed by atoms with E-state index in [4.69, 9.17) is 4.74 Å². The summed E-state index contributed by atoms with van der Waals surface area (Å²) in [5.41, 5.74) is 0. The topological polar surface area (TPSA) is 26.3 Å². The van der Waals surface area contributed by atoms with Gasteiger partial charge in [0, 0.05) is 6.42 Å². The van der Waals surface area contributed by atoms with E-state index in [-0.39, 0.29) is 5.97 Å². The van der Waals surface area contributed by atoms with Gasteiger partial charge in [-0.1, -0.05) is 212 Å². The van der Waals surface area contributed by atoms with Crippen molar-refractivity contribution in [3.05, 3.63) is 12.2 Å². The van der Waals surface area contributed by atoms with E-state index < -0.39 is 0 Å². The average molecular weight is 619 g/mol. The first-order valence-electron chi connectivity index (χ1n) is 20.6. The third-order valence-electron chi connectivity index (χ3n) is 9.40. The number of hydrogen-bond donors (Lipinski definition) is 0. The van der Waals surface area contributed by atoms with Crippen LogP contribution in [0.4, 0.5) is 0 Å². The first kappa shape index (κ1) is 43.2. The Morgan fingerprint density at radius 2 is 0.636 bits per heavy atom. The van der Waals surface area contributed by atoms with E-state index in [1.807, 2.05) is 0 Å². The second-order valence-corrected chi connectivity index (χ2v) is 14.0. The van der Waals surface area contributed by atoms with Crippen LogP contribution in [0.5, 0.6) is 0 Å². The lowest BCUT2D eigenvalue weighted by Crippen LogP contribution is -2.05. The molecular weight excluding hydrogens is 536 g/mol. The third-order valence-corrected chi connectivity index (χ3v) is 9.40. The van der Waals surface area contributed by atoms with Gasteiger partial charge in [-0.15, -0.1) is 0 Å². The van der Waals surface area contributed by atoms with Crippen molar-refractivity contribution in [2.75, 3.05) is 6.61 Å². The second kappa shape index (κ2) is 40.2. The summed E-state index contributed by atoms with van der Waals surface area (Å²) < 4.78 is 5.46. The lowest BCUT2D eigenvalue weighted by molar-refractivity contribution is -0.143. The van der Waals surface area contributed by atoms with Crippen LogP contribution in [0.25, 0.3) is 0 Å². The molecule has 2 nitrogen and oxygen atoms in total. The molecule has 0 aliphatic rings. The highest BCUT2D eigenvalue weighted by atomic mass is 16.5. The van der Waals surface area contributed by atoms with Crippen molar-refractivity contribution in [2.24, 2.45) is 0 Å². The molecule has 0 unspecified atom stereocenters. The number of carbonyl (C=O) groups excluding carboxylic acids is 1. The molecule has 0 fully saturated rings. The zero-order chi connectivity index (χ0) is 31.9. The average Bonchev–Trinajstić information content (AvgIpc) is 3.03. The summed E-state index contributed by atoms with van der Waals surface area (Å²) in [6, 6.07) is 0. The maximum atomic E-state index is 12.0. The number of carbonyl (C=O) groups is 1. The van der Waals surface area contributed by atoms with E-state index >= 15 is 0 Å². The Bertz CT molecular complexity index is 554. The maximum absolute atomic E-state index is 12.0. The van der Waals surface area contributed by atoms with Crippen molar-refractivity contribution in [1.29, 1.82) is 0 Å². The van der Waals surface area contributed by atoms with E-state index in [1.165, 1.54) is 205 Å². The molecule has 0 aromatic heterocycles. The Balaban J connectivity index is 3.19. The number of esters is 1. The van der Waals surface area contributed by atoms with Crippen LogP contribution in [0.1, 0.15) is 245 Å². The maximum Gasteiger partial charge on any atom is 0.305 e. The second-order valence-electron chi connectivity index (χ2n) is 14.0. The van der Waals surface area contributed by atoms with Crippen LogP contribution in [0.3, 0.4) is 0 Å². The lowest BCUT2D eigenvalue weighted by Gasteiger charge is -2.05. The number of unbranched alkanes of at least 4 members (excludes halogenated alkanes) is 32. The van der Waals surface area contributed by atoms with E-state index in [0.29, 0.717) is 13.0 Å². The SMILES string of the molecule is CCCCCCCCCCCCCC/C=C/CCCCCCCC(=O)OCCCCCCCCCCCCCCCCCC. The zero-order valence-electron chi connectivity index (χ0n) is 30.6. The van der Waals surface area contributed by atoms with Gasteiger partial charge < -0.3 is 4.74 Å². The molecule has 2 heteroatoms. The van der Waals surface area contributed by atoms with Gasteiger partial charge in [0.2, 0.25) is 0 Å². The molecule has 0 aliphatic carbocycles. The van der Waals surface area contributed by atoms with Crippen molar-refractivity contribution in [3.8, 4) is 0 Å². The molecule has 0 aromatic carbocycles. The van der Waals surface area contributed by atoms with E-state index in [2.05, 4.69) is 26.0 Å². The summed E-state index contributed by atoms with van der Waals surface area (Å²) in [5.74, 6) is 0.0201. The molecule has 0 aromatic rings. The minimum atomic E-state index is 0.0201. The van der Waals surface area contributed by atoms with Gasteiger partial charge in [-0.2, -0.15) is 0 Å². The van der Waals surface area contributed by atoms with E-state index in [1.54, 1.807) is 0 Å². The van der Waals surface area contributed by atoms with Crippen LogP contribution < -0.4 is 0 Å². The Labute approximate surface area is 278 Å². The molecule has 0 rings (SSSR count). The Morgan fingerprint density at radius 1 is 0.364 bits per heavy atom. The first-order valence-corrected chi connectivity index (χ1v) is 20.6. The zero-order valence-corrected chi connectivity index (χ0v) is 30.6. The largest absolute Gasteiger partial charge is 0.466 e. The van der Waals surface area contributed by atoms with Gasteiger partial charge in [0.1, 0.15) is 0 Å². The Morgan fingerprint density at radius 3 is 0.977 bits per heavy atom. The molecule has 0 atom stereocenters. The quantitative estimate of drug-likeness (QED) is 0.0391. The van der Waals surface area contributed by atoms with Crippen LogP contribution in [-0.4, -0.2) is 12.6 Å². The van der Waals surface area contributed by atoms with Crippen LogP contribution in [0.15, 0.2) is 12.2 Å². The predicted octanol–water partition coefficient (Wildman–Crippen LogP) is 15.2. The molecule has 0 amide bonds. The fourth-order valence-electron chi connectivity index (χ4n) is 6.31. The first-order chi connectivity index (χ1) is 21.8. The fraction of sp³-hybridized carbons (Fsp3) is 0.929. The molecule has 0 aliphatic heterocycles. The normalized spacial score (nSPS) is 11.6. The van der Waals surface area contributed by atoms with Crippen molar-refractivity contribution in [1.82, 2.24) is 0 Å². The molecule has 0 spiro atoms. The minimum absolute atomic E-state index is 0.0201. The van der Waals surface area contributed by atoms with Crippen molar-refractivity contribution in [2.45, 2.75) is 245 Å². The molecule has 0 radical (unpaired) electrons. The fourth-order valence-corrected chi connectivity index (χ4v) is 6.31. The lowest BCUT2D eigenvalue weighted by atomic mass is 10.0. The molecule has 262 valence electrons. The molecule has 0 N–H and O–H groups in total. The van der Waals surface area contributed by atoms with Gasteiger partial charge in [0.15, 0.2) is 0 Å². The van der Waals surface area contributed by atoms with Crippen molar-refractivity contribution < 1.29 is 9.53 Å². The summed E-state index contributed by atoms with van der Waals surface area (Å²) in [6.07, 6.45) is 53.0. The van der Waals surface area contributed by atoms with E-state index in [0.717, 1.165) is 19.3 Å². The standard InChI is InChI=1S/C42H82O2/c1-3-5-7-9-11-13-15-17-19-21-22-23-24-25-26-28-30-32-34-36-38-40-42(43)44-41-39-37-35-33-31-29-27-20-18-16-14-12-10-8-6-4-2/h25-26H,3-24,27-41H2,1-2H3/b26-25+. The highest BCUT2D eigenvalue weighted by Crippen LogP contribution is 2.15. The summed E-state index contributed by atoms with van der Waals surface area (Å²) in [5, 5.41) is 0. The molecule has 0 heterocycles. The van der Waals surface area contributed by atoms with Crippen LogP contribution >= 0.6 is 0 Å². The van der Waals surface area contributed by atoms with Gasteiger partial charge in [0.25, 0.3) is 0 Å². The van der Waals surface area contributed by atoms with Crippen LogP contribution in [0, 0.1) is 0 Å². The smallest absolute Gasteiger partial charge is 0.305 e. The molecule has 0 saturated carbocycles. The highest BCUT2D eigenvalue weighted by molar-refractivity contribution is 5.69. The Hall–Kier alpha value is -0.790. The predicted molar refractivity (Wildman–Crippen MR) is 198 cm³/mol. The Kier molecular flexibility index (Phi) is 39.5. The third kappa shape index (κ3) is 39.2.